The van der Waals surface area contributed by atoms with Crippen molar-refractivity contribution in [2.24, 2.45) is 11.8 Å². The Balaban J connectivity index is 1.65. The van der Waals surface area contributed by atoms with Crippen molar-refractivity contribution in [2.45, 2.75) is 34.9 Å². The second kappa shape index (κ2) is 8.97. The summed E-state index contributed by atoms with van der Waals surface area (Å²) < 4.78 is 0.456. The molecule has 150 valence electrons. The summed E-state index contributed by atoms with van der Waals surface area (Å²) in [6.07, 6.45) is 2.19. The van der Waals surface area contributed by atoms with Gasteiger partial charge in [-0.2, -0.15) is 5.26 Å². The number of nitro groups is 1. The highest BCUT2D eigenvalue weighted by Crippen LogP contribution is 2.36. The Morgan fingerprint density at radius 2 is 2.10 bits per heavy atom. The summed E-state index contributed by atoms with van der Waals surface area (Å²) in [4.78, 5) is 34.3. The van der Waals surface area contributed by atoms with Gasteiger partial charge in [-0.1, -0.05) is 29.5 Å². The van der Waals surface area contributed by atoms with Crippen LogP contribution in [0.1, 0.15) is 31.2 Å². The molecule has 1 fully saturated rings. The van der Waals surface area contributed by atoms with E-state index in [2.05, 4.69) is 15.5 Å². The number of aliphatic carboxylic acids is 1. The fourth-order valence-electron chi connectivity index (χ4n) is 3.06. The van der Waals surface area contributed by atoms with Gasteiger partial charge >= 0.3 is 5.97 Å². The third kappa shape index (κ3) is 5.07. The van der Waals surface area contributed by atoms with Gasteiger partial charge < -0.3 is 10.4 Å². The number of carbonyl (C=O) groups is 2. The van der Waals surface area contributed by atoms with Crippen molar-refractivity contribution in [3.63, 3.8) is 0 Å². The number of rotatable bonds is 6. The molecule has 2 atom stereocenters. The fourth-order valence-corrected chi connectivity index (χ4v) is 4.84. The summed E-state index contributed by atoms with van der Waals surface area (Å²) in [6, 6.07) is 5.88. The van der Waals surface area contributed by atoms with E-state index in [0.29, 0.717) is 34.9 Å². The molecular weight excluding hydrogens is 418 g/mol. The average molecular weight is 433 g/mol. The highest BCUT2D eigenvalue weighted by molar-refractivity contribution is 8.01. The number of aromatic nitrogens is 2. The van der Waals surface area contributed by atoms with E-state index >= 15 is 0 Å². The van der Waals surface area contributed by atoms with Crippen LogP contribution in [0.15, 0.2) is 27.4 Å². The van der Waals surface area contributed by atoms with Crippen LogP contribution >= 0.6 is 23.1 Å². The Morgan fingerprint density at radius 1 is 1.34 bits per heavy atom. The maximum atomic E-state index is 12.4. The van der Waals surface area contributed by atoms with Crippen LogP contribution in [0.4, 0.5) is 10.8 Å². The average Bonchev–Trinajstić information content (AvgIpc) is 3.14. The number of nitriles is 1. The number of anilines is 1. The molecule has 2 N–H and O–H groups in total. The summed E-state index contributed by atoms with van der Waals surface area (Å²) in [7, 11) is 0. The van der Waals surface area contributed by atoms with Crippen LogP contribution in [0.25, 0.3) is 0 Å². The van der Waals surface area contributed by atoms with E-state index < -0.39 is 16.8 Å². The lowest BCUT2D eigenvalue weighted by molar-refractivity contribution is -0.384. The van der Waals surface area contributed by atoms with Gasteiger partial charge in [0.15, 0.2) is 4.34 Å². The zero-order valence-electron chi connectivity index (χ0n) is 14.9. The van der Waals surface area contributed by atoms with Crippen molar-refractivity contribution in [2.75, 3.05) is 5.32 Å². The minimum Gasteiger partial charge on any atom is -0.481 e. The Morgan fingerprint density at radius 3 is 2.79 bits per heavy atom. The second-order valence-corrected chi connectivity index (χ2v) is 8.68. The molecule has 10 nitrogen and oxygen atoms in total. The number of nitrogens with one attached hydrogen (secondary N) is 1. The molecule has 0 saturated heterocycles. The number of hydrogen-bond donors (Lipinski definition) is 2. The quantitative estimate of drug-likeness (QED) is 0.396. The van der Waals surface area contributed by atoms with Gasteiger partial charge in [-0.15, -0.1) is 10.2 Å². The molecule has 0 spiro atoms. The normalized spacial score (nSPS) is 18.6. The number of amides is 1. The van der Waals surface area contributed by atoms with Gasteiger partial charge in [0.05, 0.1) is 16.4 Å². The van der Waals surface area contributed by atoms with Crippen LogP contribution in [-0.2, 0) is 9.59 Å². The van der Waals surface area contributed by atoms with Crippen molar-refractivity contribution in [3.05, 3.63) is 33.9 Å². The molecular formula is C17H15N5O5S2. The molecule has 1 aliphatic rings. The lowest BCUT2D eigenvalue weighted by atomic mass is 9.81. The van der Waals surface area contributed by atoms with E-state index in [1.165, 1.54) is 18.2 Å². The first kappa shape index (κ1) is 20.7. The third-order valence-corrected chi connectivity index (χ3v) is 6.49. The maximum Gasteiger partial charge on any atom is 0.306 e. The summed E-state index contributed by atoms with van der Waals surface area (Å²) in [5.41, 5.74) is -0.0323. The number of nitro benzene ring substituents is 1. The summed E-state index contributed by atoms with van der Waals surface area (Å²) in [5, 5.41) is 40.0. The number of nitrogens with zero attached hydrogens (tertiary/aromatic N) is 4. The Hall–Kier alpha value is -3.04. The molecule has 1 heterocycles. The topological polar surface area (TPSA) is 159 Å². The van der Waals surface area contributed by atoms with E-state index in [1.807, 2.05) is 6.07 Å². The van der Waals surface area contributed by atoms with E-state index in [0.717, 1.165) is 23.1 Å². The molecule has 1 aromatic carbocycles. The predicted molar refractivity (Wildman–Crippen MR) is 104 cm³/mol. The zero-order chi connectivity index (χ0) is 21.0. The van der Waals surface area contributed by atoms with Crippen LogP contribution in [0.3, 0.4) is 0 Å². The van der Waals surface area contributed by atoms with Crippen molar-refractivity contribution < 1.29 is 19.6 Å². The molecule has 0 radical (unpaired) electrons. The standard InChI is InChI=1S/C17H15N5O5S2/c18-8-11-7-12(22(26)27)4-5-13(11)28-17-21-20-16(29-17)19-14(23)9-2-1-3-10(6-9)15(24)25/h4-5,7,9-10H,1-3,6H2,(H,24,25)(H,19,20,23)/t9-,10+/m1/s1. The number of benzene rings is 1. The molecule has 1 aromatic heterocycles. The fraction of sp³-hybridized carbons (Fsp3) is 0.353. The number of carboxylic acids is 1. The monoisotopic (exact) mass is 433 g/mol. The summed E-state index contributed by atoms with van der Waals surface area (Å²) in [6.45, 7) is 0. The van der Waals surface area contributed by atoms with Crippen LogP contribution < -0.4 is 5.32 Å². The Labute approximate surface area is 173 Å². The van der Waals surface area contributed by atoms with E-state index in [-0.39, 0.29) is 28.2 Å². The molecule has 12 heteroatoms. The van der Waals surface area contributed by atoms with Crippen LogP contribution in [0, 0.1) is 33.3 Å². The van der Waals surface area contributed by atoms with Crippen LogP contribution in [0.2, 0.25) is 0 Å². The van der Waals surface area contributed by atoms with Gasteiger partial charge in [0.25, 0.3) is 5.69 Å². The first-order chi connectivity index (χ1) is 13.9. The van der Waals surface area contributed by atoms with E-state index in [1.54, 1.807) is 0 Å². The third-order valence-electron chi connectivity index (χ3n) is 4.52. The van der Waals surface area contributed by atoms with Crippen LogP contribution in [-0.4, -0.2) is 32.1 Å². The molecule has 1 saturated carbocycles. The number of hydrogen-bond acceptors (Lipinski definition) is 9. The molecule has 1 aliphatic carbocycles. The maximum absolute atomic E-state index is 12.4. The number of carboxylic acid groups (broad SMARTS) is 1. The molecule has 2 aromatic rings. The Bertz CT molecular complexity index is 1000. The van der Waals surface area contributed by atoms with E-state index in [9.17, 15) is 25.0 Å². The highest BCUT2D eigenvalue weighted by atomic mass is 32.2. The summed E-state index contributed by atoms with van der Waals surface area (Å²) in [5.74, 6) is -2.05. The first-order valence-corrected chi connectivity index (χ1v) is 10.2. The van der Waals surface area contributed by atoms with E-state index in [4.69, 9.17) is 5.11 Å². The largest absolute Gasteiger partial charge is 0.481 e. The molecule has 29 heavy (non-hydrogen) atoms. The molecule has 0 bridgehead atoms. The van der Waals surface area contributed by atoms with Crippen molar-refractivity contribution >= 4 is 45.8 Å². The minimum atomic E-state index is -0.881. The van der Waals surface area contributed by atoms with Gasteiger partial charge in [0.2, 0.25) is 11.0 Å². The molecule has 3 rings (SSSR count). The van der Waals surface area contributed by atoms with Gasteiger partial charge in [0, 0.05) is 22.9 Å². The van der Waals surface area contributed by atoms with Gasteiger partial charge in [-0.25, -0.2) is 0 Å². The first-order valence-electron chi connectivity index (χ1n) is 8.61. The SMILES string of the molecule is N#Cc1cc([N+](=O)[O-])ccc1Sc1nnc(NC(=O)[C@@H]2CCC[C@H](C(=O)O)C2)s1. The lowest BCUT2D eigenvalue weighted by Gasteiger charge is -2.25. The van der Waals surface area contributed by atoms with Crippen molar-refractivity contribution in [1.29, 1.82) is 5.26 Å². The molecule has 1 amide bonds. The molecule has 0 aliphatic heterocycles. The predicted octanol–water partition coefficient (Wildman–Crippen LogP) is 3.30. The minimum absolute atomic E-state index is 0.145. The Kier molecular flexibility index (Phi) is 6.40. The summed E-state index contributed by atoms with van der Waals surface area (Å²) >= 11 is 2.22. The van der Waals surface area contributed by atoms with Crippen molar-refractivity contribution in [1.82, 2.24) is 10.2 Å². The van der Waals surface area contributed by atoms with Crippen LogP contribution in [0.5, 0.6) is 0 Å². The second-order valence-electron chi connectivity index (χ2n) is 6.41. The molecule has 0 unspecified atom stereocenters. The highest BCUT2D eigenvalue weighted by Gasteiger charge is 2.31. The van der Waals surface area contributed by atoms with Gasteiger partial charge in [-0.3, -0.25) is 19.7 Å². The number of carbonyl (C=O) groups excluding carboxylic acids is 1. The van der Waals surface area contributed by atoms with Crippen molar-refractivity contribution in [3.8, 4) is 6.07 Å². The van der Waals surface area contributed by atoms with Gasteiger partial charge in [0.1, 0.15) is 6.07 Å². The van der Waals surface area contributed by atoms with Gasteiger partial charge in [-0.05, 0) is 25.3 Å². The lowest BCUT2D eigenvalue weighted by Crippen LogP contribution is -2.30. The zero-order valence-corrected chi connectivity index (χ0v) is 16.5. The number of non-ortho nitro benzene ring substituents is 1. The smallest absolute Gasteiger partial charge is 0.306 e.